The first-order valence-electron chi connectivity index (χ1n) is 8.18. The van der Waals surface area contributed by atoms with Crippen molar-refractivity contribution in [2.45, 2.75) is 63.9 Å². The lowest BCUT2D eigenvalue weighted by Gasteiger charge is -2.21. The molecule has 0 amide bonds. The minimum atomic E-state index is -3.66. The largest absolute Gasteiger partial charge is 0.297 e. The molecule has 1 aliphatic rings. The minimum absolute atomic E-state index is 0.237. The van der Waals surface area contributed by atoms with Crippen LogP contribution in [0.1, 0.15) is 51.5 Å². The van der Waals surface area contributed by atoms with Crippen LogP contribution < -0.4 is 0 Å². The maximum atomic E-state index is 12.3. The van der Waals surface area contributed by atoms with Crippen molar-refractivity contribution in [3.8, 4) is 0 Å². The standard InChI is InChI=1S/C19H26O3S/c1-15(2)5-4-6-17-9-11-18(12-10-17)22-23(20,21)19-13-7-16(3)8-14-19/h5,7-9,13-14,18H,4,6,10-12H2,1-3H3. The summed E-state index contributed by atoms with van der Waals surface area (Å²) in [4.78, 5) is 0.237. The zero-order valence-electron chi connectivity index (χ0n) is 14.2. The third-order valence-corrected chi connectivity index (χ3v) is 5.42. The molecule has 1 unspecified atom stereocenters. The molecule has 3 nitrogen and oxygen atoms in total. The van der Waals surface area contributed by atoms with Crippen LogP contribution in [0, 0.1) is 6.92 Å². The van der Waals surface area contributed by atoms with E-state index >= 15 is 0 Å². The fourth-order valence-electron chi connectivity index (χ4n) is 2.66. The van der Waals surface area contributed by atoms with Gasteiger partial charge >= 0.3 is 0 Å². The number of aryl methyl sites for hydroxylation is 1. The summed E-state index contributed by atoms with van der Waals surface area (Å²) in [6, 6.07) is 6.79. The lowest BCUT2D eigenvalue weighted by molar-refractivity contribution is 0.195. The Balaban J connectivity index is 1.91. The smallest absolute Gasteiger partial charge is 0.263 e. The highest BCUT2D eigenvalue weighted by molar-refractivity contribution is 7.86. The van der Waals surface area contributed by atoms with Gasteiger partial charge in [-0.1, -0.05) is 41.0 Å². The van der Waals surface area contributed by atoms with Crippen molar-refractivity contribution in [2.75, 3.05) is 0 Å². The third-order valence-electron chi connectivity index (χ3n) is 4.05. The van der Waals surface area contributed by atoms with Crippen molar-refractivity contribution in [2.24, 2.45) is 0 Å². The second-order valence-electron chi connectivity index (χ2n) is 6.44. The van der Waals surface area contributed by atoms with E-state index in [1.165, 1.54) is 11.1 Å². The van der Waals surface area contributed by atoms with Gasteiger partial charge in [0.15, 0.2) is 0 Å². The first kappa shape index (κ1) is 18.0. The van der Waals surface area contributed by atoms with E-state index in [9.17, 15) is 8.42 Å². The Morgan fingerprint density at radius 1 is 1.26 bits per heavy atom. The van der Waals surface area contributed by atoms with Crippen LogP contribution >= 0.6 is 0 Å². The number of rotatable bonds is 6. The Morgan fingerprint density at radius 3 is 2.52 bits per heavy atom. The quantitative estimate of drug-likeness (QED) is 0.547. The van der Waals surface area contributed by atoms with Crippen LogP contribution in [-0.2, 0) is 14.3 Å². The molecule has 126 valence electrons. The molecular weight excluding hydrogens is 308 g/mol. The molecule has 1 atom stereocenters. The number of hydrogen-bond donors (Lipinski definition) is 0. The van der Waals surface area contributed by atoms with Crippen LogP contribution in [0.25, 0.3) is 0 Å². The normalized spacial score (nSPS) is 18.4. The summed E-state index contributed by atoms with van der Waals surface area (Å²) in [6.07, 6.45) is 8.63. The molecule has 4 heteroatoms. The molecule has 23 heavy (non-hydrogen) atoms. The highest BCUT2D eigenvalue weighted by Gasteiger charge is 2.23. The van der Waals surface area contributed by atoms with Gasteiger partial charge < -0.3 is 0 Å². The van der Waals surface area contributed by atoms with E-state index in [-0.39, 0.29) is 11.0 Å². The Labute approximate surface area is 140 Å². The Morgan fingerprint density at radius 2 is 1.96 bits per heavy atom. The van der Waals surface area contributed by atoms with Gasteiger partial charge in [-0.25, -0.2) is 0 Å². The van der Waals surface area contributed by atoms with Crippen LogP contribution in [0.15, 0.2) is 52.5 Å². The third kappa shape index (κ3) is 5.63. The Bertz CT molecular complexity index is 678. The summed E-state index contributed by atoms with van der Waals surface area (Å²) < 4.78 is 30.0. The molecule has 0 aliphatic heterocycles. The lowest BCUT2D eigenvalue weighted by atomic mass is 9.94. The van der Waals surface area contributed by atoms with Crippen LogP contribution in [0.5, 0.6) is 0 Å². The van der Waals surface area contributed by atoms with Crippen molar-refractivity contribution < 1.29 is 12.6 Å². The monoisotopic (exact) mass is 334 g/mol. The fourth-order valence-corrected chi connectivity index (χ4v) is 3.78. The molecule has 0 spiro atoms. The molecule has 1 aliphatic carbocycles. The maximum absolute atomic E-state index is 12.3. The van der Waals surface area contributed by atoms with Crippen LogP contribution in [0.3, 0.4) is 0 Å². The average molecular weight is 334 g/mol. The molecule has 2 rings (SSSR count). The average Bonchev–Trinajstić information content (AvgIpc) is 2.49. The second kappa shape index (κ2) is 7.93. The summed E-state index contributed by atoms with van der Waals surface area (Å²) in [5, 5.41) is 0. The molecule has 0 N–H and O–H groups in total. The molecule has 1 aromatic rings. The molecule has 1 aromatic carbocycles. The van der Waals surface area contributed by atoms with Gasteiger partial charge in [-0.2, -0.15) is 8.42 Å². The van der Waals surface area contributed by atoms with Gasteiger partial charge in [-0.05, 0) is 65.0 Å². The van der Waals surface area contributed by atoms with Gasteiger partial charge in [0, 0.05) is 0 Å². The molecule has 0 fully saturated rings. The number of hydrogen-bond acceptors (Lipinski definition) is 3. The predicted octanol–water partition coefficient (Wildman–Crippen LogP) is 4.93. The predicted molar refractivity (Wildman–Crippen MR) is 93.8 cm³/mol. The summed E-state index contributed by atoms with van der Waals surface area (Å²) in [5.74, 6) is 0. The highest BCUT2D eigenvalue weighted by atomic mass is 32.2. The van der Waals surface area contributed by atoms with Crippen LogP contribution in [0.4, 0.5) is 0 Å². The molecule has 0 saturated carbocycles. The van der Waals surface area contributed by atoms with E-state index in [0.29, 0.717) is 6.42 Å². The first-order valence-corrected chi connectivity index (χ1v) is 9.59. The fraction of sp³-hybridized carbons (Fsp3) is 0.474. The molecule has 0 heterocycles. The first-order chi connectivity index (χ1) is 10.9. The van der Waals surface area contributed by atoms with Crippen molar-refractivity contribution in [1.29, 1.82) is 0 Å². The van der Waals surface area contributed by atoms with Gasteiger partial charge in [0.25, 0.3) is 10.1 Å². The van der Waals surface area contributed by atoms with Crippen molar-refractivity contribution in [3.63, 3.8) is 0 Å². The van der Waals surface area contributed by atoms with Crippen LogP contribution in [-0.4, -0.2) is 14.5 Å². The van der Waals surface area contributed by atoms with E-state index < -0.39 is 10.1 Å². The lowest BCUT2D eigenvalue weighted by Crippen LogP contribution is -2.20. The van der Waals surface area contributed by atoms with Gasteiger partial charge in [0.1, 0.15) is 0 Å². The van der Waals surface area contributed by atoms with Gasteiger partial charge in [0.05, 0.1) is 11.0 Å². The van der Waals surface area contributed by atoms with Crippen LogP contribution in [0.2, 0.25) is 0 Å². The van der Waals surface area contributed by atoms with Crippen molar-refractivity contribution in [1.82, 2.24) is 0 Å². The van der Waals surface area contributed by atoms with Gasteiger partial charge in [-0.3, -0.25) is 4.18 Å². The zero-order chi connectivity index (χ0) is 16.9. The van der Waals surface area contributed by atoms with Gasteiger partial charge in [0.2, 0.25) is 0 Å². The van der Waals surface area contributed by atoms with E-state index in [4.69, 9.17) is 4.18 Å². The van der Waals surface area contributed by atoms with E-state index in [2.05, 4.69) is 26.0 Å². The second-order valence-corrected chi connectivity index (χ2v) is 8.01. The molecule has 0 bridgehead atoms. The SMILES string of the molecule is CC(C)=CCCC1=CCC(OS(=O)(=O)c2ccc(C)cc2)CC1. The zero-order valence-corrected chi connectivity index (χ0v) is 15.0. The number of benzene rings is 1. The van der Waals surface area contributed by atoms with E-state index in [1.54, 1.807) is 24.3 Å². The summed E-state index contributed by atoms with van der Waals surface area (Å²) in [7, 11) is -3.66. The van der Waals surface area contributed by atoms with E-state index in [1.807, 2.05) is 6.92 Å². The van der Waals surface area contributed by atoms with Crippen molar-refractivity contribution >= 4 is 10.1 Å². The minimum Gasteiger partial charge on any atom is -0.263 e. The van der Waals surface area contributed by atoms with E-state index in [0.717, 1.165) is 31.2 Å². The molecule has 0 aromatic heterocycles. The summed E-state index contributed by atoms with van der Waals surface area (Å²) in [5.41, 5.74) is 3.78. The maximum Gasteiger partial charge on any atom is 0.297 e. The molecular formula is C19H26O3S. The van der Waals surface area contributed by atoms with Crippen molar-refractivity contribution in [3.05, 3.63) is 53.1 Å². The molecule has 0 radical (unpaired) electrons. The number of allylic oxidation sites excluding steroid dienone is 3. The summed E-state index contributed by atoms with van der Waals surface area (Å²) >= 11 is 0. The highest BCUT2D eigenvalue weighted by Crippen LogP contribution is 2.27. The topological polar surface area (TPSA) is 43.4 Å². The molecule has 0 saturated heterocycles. The Hall–Kier alpha value is -1.39. The summed E-state index contributed by atoms with van der Waals surface area (Å²) in [6.45, 7) is 6.14. The van der Waals surface area contributed by atoms with Gasteiger partial charge in [-0.15, -0.1) is 0 Å². The Kier molecular flexibility index (Phi) is 6.19.